The predicted octanol–water partition coefficient (Wildman–Crippen LogP) is 2.41. The second kappa shape index (κ2) is 8.63. The summed E-state index contributed by atoms with van der Waals surface area (Å²) in [5.41, 5.74) is 0.811. The zero-order valence-electron chi connectivity index (χ0n) is 11.9. The van der Waals surface area contributed by atoms with Gasteiger partial charge in [0.25, 0.3) is 0 Å². The second-order valence-electron chi connectivity index (χ2n) is 4.36. The number of amidine groups is 1. The summed E-state index contributed by atoms with van der Waals surface area (Å²) in [6.45, 7) is 5.13. The molecular formula is C15H18N2O4. The number of esters is 1. The summed E-state index contributed by atoms with van der Waals surface area (Å²) in [6, 6.07) is 8.65. The average Bonchev–Trinajstić information content (AvgIpc) is 2.50. The zero-order valence-corrected chi connectivity index (χ0v) is 11.9. The Morgan fingerprint density at radius 2 is 2.14 bits per heavy atom. The van der Waals surface area contributed by atoms with Crippen molar-refractivity contribution in [3.63, 3.8) is 0 Å². The van der Waals surface area contributed by atoms with Crippen LogP contribution >= 0.6 is 0 Å². The lowest BCUT2D eigenvalue weighted by Gasteiger charge is -2.07. The van der Waals surface area contributed by atoms with Crippen LogP contribution in [0.3, 0.4) is 0 Å². The molecule has 21 heavy (non-hydrogen) atoms. The minimum absolute atomic E-state index is 0.00742. The van der Waals surface area contributed by atoms with Gasteiger partial charge in [-0.05, 0) is 16.9 Å². The summed E-state index contributed by atoms with van der Waals surface area (Å²) < 4.78 is 4.89. The first kappa shape index (κ1) is 16.6. The van der Waals surface area contributed by atoms with Crippen molar-refractivity contribution in [3.8, 4) is 0 Å². The van der Waals surface area contributed by atoms with E-state index in [9.17, 15) is 14.9 Å². The molecule has 1 aromatic rings. The first-order chi connectivity index (χ1) is 10.1. The third-order valence-corrected chi connectivity index (χ3v) is 2.80. The monoisotopic (exact) mass is 290 g/mol. The number of rotatable bonds is 7. The van der Waals surface area contributed by atoms with E-state index in [4.69, 9.17) is 4.74 Å². The summed E-state index contributed by atoms with van der Waals surface area (Å²) in [5.74, 6) is -0.697. The van der Waals surface area contributed by atoms with Gasteiger partial charge in [0.1, 0.15) is 6.61 Å². The molecule has 6 heteroatoms. The van der Waals surface area contributed by atoms with E-state index in [-0.39, 0.29) is 18.9 Å². The summed E-state index contributed by atoms with van der Waals surface area (Å²) >= 11 is 0. The highest BCUT2D eigenvalue weighted by atomic mass is 16.6. The van der Waals surface area contributed by atoms with Crippen molar-refractivity contribution in [2.45, 2.75) is 25.8 Å². The van der Waals surface area contributed by atoms with Gasteiger partial charge in [0.15, 0.2) is 6.04 Å². The number of carbonyl (C=O) groups is 1. The normalized spacial score (nSPS) is 12.5. The highest BCUT2D eigenvalue weighted by molar-refractivity contribution is 5.81. The van der Waals surface area contributed by atoms with Crippen molar-refractivity contribution in [2.24, 2.45) is 4.99 Å². The molecule has 0 aliphatic carbocycles. The van der Waals surface area contributed by atoms with E-state index >= 15 is 0 Å². The molecular weight excluding hydrogens is 272 g/mol. The minimum atomic E-state index is -0.561. The number of hydrogen-bond acceptors (Lipinski definition) is 5. The maximum Gasteiger partial charge on any atom is 0.338 e. The van der Waals surface area contributed by atoms with Crippen LogP contribution in [0.2, 0.25) is 0 Å². The van der Waals surface area contributed by atoms with E-state index in [2.05, 4.69) is 11.6 Å². The Balaban J connectivity index is 2.79. The summed E-state index contributed by atoms with van der Waals surface area (Å²) in [6.07, 6.45) is 1.73. The third-order valence-electron chi connectivity index (χ3n) is 2.80. The Kier molecular flexibility index (Phi) is 6.80. The van der Waals surface area contributed by atoms with Gasteiger partial charge in [-0.3, -0.25) is 0 Å². The van der Waals surface area contributed by atoms with Gasteiger partial charge in [-0.15, -0.1) is 0 Å². The molecule has 1 rings (SSSR count). The molecule has 1 atom stereocenters. The lowest BCUT2D eigenvalue weighted by Crippen LogP contribution is -2.22. The molecule has 0 heterocycles. The molecule has 0 fully saturated rings. The van der Waals surface area contributed by atoms with Crippen LogP contribution in [0.1, 0.15) is 18.9 Å². The second-order valence-corrected chi connectivity index (χ2v) is 4.36. The SMILES string of the molecule is C=CC(=O)OCC(CC)N=C(Cc1ccccc1)[N+](=O)[O-]. The lowest BCUT2D eigenvalue weighted by atomic mass is 10.1. The Morgan fingerprint density at radius 3 is 2.67 bits per heavy atom. The lowest BCUT2D eigenvalue weighted by molar-refractivity contribution is -0.353. The molecule has 1 aromatic carbocycles. The molecule has 1 unspecified atom stereocenters. The van der Waals surface area contributed by atoms with Gasteiger partial charge >= 0.3 is 11.8 Å². The van der Waals surface area contributed by atoms with Crippen LogP contribution in [0.15, 0.2) is 48.0 Å². The molecule has 0 N–H and O–H groups in total. The fourth-order valence-corrected chi connectivity index (χ4v) is 1.63. The number of nitro groups is 1. The van der Waals surface area contributed by atoms with Crippen LogP contribution in [-0.2, 0) is 16.0 Å². The molecule has 0 bridgehead atoms. The Bertz CT molecular complexity index is 526. The van der Waals surface area contributed by atoms with Crippen LogP contribution < -0.4 is 0 Å². The Labute approximate surface area is 123 Å². The fraction of sp³-hybridized carbons (Fsp3) is 0.333. The van der Waals surface area contributed by atoms with Crippen LogP contribution in [0.25, 0.3) is 0 Å². The maximum absolute atomic E-state index is 11.1. The van der Waals surface area contributed by atoms with Crippen molar-refractivity contribution in [1.82, 2.24) is 0 Å². The first-order valence-electron chi connectivity index (χ1n) is 6.61. The summed E-state index contributed by atoms with van der Waals surface area (Å²) in [5, 5.41) is 11.1. The molecule has 0 spiro atoms. The third kappa shape index (κ3) is 5.99. The maximum atomic E-state index is 11.1. The predicted molar refractivity (Wildman–Crippen MR) is 79.8 cm³/mol. The van der Waals surface area contributed by atoms with Gasteiger partial charge in [0.2, 0.25) is 0 Å². The van der Waals surface area contributed by atoms with E-state index in [1.54, 1.807) is 12.1 Å². The van der Waals surface area contributed by atoms with Gasteiger partial charge in [-0.25, -0.2) is 4.79 Å². The van der Waals surface area contributed by atoms with Gasteiger partial charge < -0.3 is 14.9 Å². The molecule has 0 radical (unpaired) electrons. The molecule has 0 aliphatic rings. The number of benzene rings is 1. The van der Waals surface area contributed by atoms with Crippen molar-refractivity contribution in [1.29, 1.82) is 0 Å². The van der Waals surface area contributed by atoms with Crippen LogP contribution in [-0.4, -0.2) is 29.4 Å². The number of ether oxygens (including phenoxy) is 1. The first-order valence-corrected chi connectivity index (χ1v) is 6.61. The van der Waals surface area contributed by atoms with Crippen molar-refractivity contribution in [2.75, 3.05) is 6.61 Å². The van der Waals surface area contributed by atoms with Crippen LogP contribution in [0.5, 0.6) is 0 Å². The molecule has 0 saturated carbocycles. The largest absolute Gasteiger partial charge is 0.458 e. The molecule has 112 valence electrons. The quantitative estimate of drug-likeness (QED) is 0.193. The summed E-state index contributed by atoms with van der Waals surface area (Å²) in [4.78, 5) is 25.7. The van der Waals surface area contributed by atoms with E-state index in [1.807, 2.05) is 25.1 Å². The highest BCUT2D eigenvalue weighted by Gasteiger charge is 2.19. The number of carbonyl (C=O) groups excluding carboxylic acids is 1. The van der Waals surface area contributed by atoms with Crippen molar-refractivity contribution in [3.05, 3.63) is 58.7 Å². The molecule has 0 aliphatic heterocycles. The Morgan fingerprint density at radius 1 is 1.48 bits per heavy atom. The molecule has 6 nitrogen and oxygen atoms in total. The Hall–Kier alpha value is -2.50. The highest BCUT2D eigenvalue weighted by Crippen LogP contribution is 2.06. The topological polar surface area (TPSA) is 81.8 Å². The average molecular weight is 290 g/mol. The molecule has 0 amide bonds. The smallest absolute Gasteiger partial charge is 0.338 e. The van der Waals surface area contributed by atoms with E-state index < -0.39 is 16.9 Å². The number of nitrogens with zero attached hydrogens (tertiary/aromatic N) is 2. The minimum Gasteiger partial charge on any atom is -0.458 e. The van der Waals surface area contributed by atoms with Gasteiger partial charge in [-0.1, -0.05) is 48.8 Å². The van der Waals surface area contributed by atoms with E-state index in [1.165, 1.54) is 0 Å². The number of hydrogen-bond donors (Lipinski definition) is 0. The van der Waals surface area contributed by atoms with Crippen molar-refractivity contribution < 1.29 is 14.5 Å². The fourth-order valence-electron chi connectivity index (χ4n) is 1.63. The van der Waals surface area contributed by atoms with E-state index in [0.717, 1.165) is 11.6 Å². The zero-order chi connectivity index (χ0) is 15.7. The van der Waals surface area contributed by atoms with Crippen LogP contribution in [0.4, 0.5) is 0 Å². The van der Waals surface area contributed by atoms with Crippen LogP contribution in [0, 0.1) is 10.1 Å². The van der Waals surface area contributed by atoms with Gasteiger partial charge in [-0.2, -0.15) is 0 Å². The molecule has 0 saturated heterocycles. The molecule has 0 aromatic heterocycles. The standard InChI is InChI=1S/C15H18N2O4/c1-3-13(11-21-15(18)4-2)16-14(17(19)20)10-12-8-6-5-7-9-12/h4-9,13H,2-3,10-11H2,1H3. The summed E-state index contributed by atoms with van der Waals surface area (Å²) in [7, 11) is 0. The van der Waals surface area contributed by atoms with E-state index in [0.29, 0.717) is 6.42 Å². The van der Waals surface area contributed by atoms with Gasteiger partial charge in [0, 0.05) is 6.08 Å². The van der Waals surface area contributed by atoms with Gasteiger partial charge in [0.05, 0.1) is 6.42 Å². The number of aliphatic imine (C=N–C) groups is 1. The van der Waals surface area contributed by atoms with Crippen molar-refractivity contribution >= 4 is 11.8 Å².